The van der Waals surface area contributed by atoms with Crippen LogP contribution >= 0.6 is 0 Å². The monoisotopic (exact) mass is 313 g/mol. The van der Waals surface area contributed by atoms with Crippen LogP contribution in [0.1, 0.15) is 45.9 Å². The molecule has 1 aromatic heterocycles. The van der Waals surface area contributed by atoms with Gasteiger partial charge in [0.05, 0.1) is 29.9 Å². The fourth-order valence-electron chi connectivity index (χ4n) is 2.17. The first kappa shape index (κ1) is 16.2. The highest BCUT2D eigenvalue weighted by atomic mass is 32.2. The van der Waals surface area contributed by atoms with Gasteiger partial charge in [-0.05, 0) is 19.3 Å². The van der Waals surface area contributed by atoms with Gasteiger partial charge < -0.3 is 4.74 Å². The summed E-state index contributed by atoms with van der Waals surface area (Å²) in [5.74, 6) is 0.662. The van der Waals surface area contributed by atoms with Gasteiger partial charge in [-0.2, -0.15) is 0 Å². The van der Waals surface area contributed by atoms with Crippen molar-refractivity contribution in [3.8, 4) is 0 Å². The van der Waals surface area contributed by atoms with Gasteiger partial charge in [0.2, 0.25) is 10.0 Å². The van der Waals surface area contributed by atoms with Crippen LogP contribution in [0.15, 0.2) is 12.4 Å². The van der Waals surface area contributed by atoms with Gasteiger partial charge in [-0.1, -0.05) is 20.8 Å². The van der Waals surface area contributed by atoms with Gasteiger partial charge in [0.15, 0.2) is 0 Å². The minimum absolute atomic E-state index is 0.0198. The van der Waals surface area contributed by atoms with Crippen molar-refractivity contribution in [2.45, 2.75) is 51.6 Å². The zero-order valence-electron chi connectivity index (χ0n) is 12.8. The summed E-state index contributed by atoms with van der Waals surface area (Å²) in [6, 6.07) is 0. The standard InChI is InChI=1S/C14H23N3O3S/c1-14(2,3)13-15-8-11(9-16-13)17-21(18,19)10-12-6-4-5-7-20-12/h8-9,12,17H,4-7,10H2,1-3H3/t12-/m1/s1. The topological polar surface area (TPSA) is 81.2 Å². The lowest BCUT2D eigenvalue weighted by molar-refractivity contribution is 0.0306. The van der Waals surface area contributed by atoms with E-state index < -0.39 is 10.0 Å². The van der Waals surface area contributed by atoms with Gasteiger partial charge in [-0.15, -0.1) is 0 Å². The summed E-state index contributed by atoms with van der Waals surface area (Å²) in [5, 5.41) is 0. The van der Waals surface area contributed by atoms with E-state index in [1.807, 2.05) is 20.8 Å². The lowest BCUT2D eigenvalue weighted by Crippen LogP contribution is -2.31. The van der Waals surface area contributed by atoms with E-state index in [4.69, 9.17) is 4.74 Å². The van der Waals surface area contributed by atoms with Crippen LogP contribution in [0.3, 0.4) is 0 Å². The van der Waals surface area contributed by atoms with Crippen molar-refractivity contribution in [3.63, 3.8) is 0 Å². The summed E-state index contributed by atoms with van der Waals surface area (Å²) in [7, 11) is -3.44. The van der Waals surface area contributed by atoms with Gasteiger partial charge in [-0.3, -0.25) is 4.72 Å². The maximum absolute atomic E-state index is 12.1. The van der Waals surface area contributed by atoms with E-state index in [2.05, 4.69) is 14.7 Å². The second-order valence-electron chi connectivity index (χ2n) is 6.42. The first-order valence-corrected chi connectivity index (χ1v) is 8.86. The molecule has 0 spiro atoms. The smallest absolute Gasteiger partial charge is 0.235 e. The lowest BCUT2D eigenvalue weighted by atomic mass is 9.96. The molecule has 2 heterocycles. The Morgan fingerprint density at radius 1 is 1.29 bits per heavy atom. The van der Waals surface area contributed by atoms with E-state index in [9.17, 15) is 8.42 Å². The van der Waals surface area contributed by atoms with Crippen molar-refractivity contribution in [1.82, 2.24) is 9.97 Å². The molecule has 1 N–H and O–H groups in total. The Morgan fingerprint density at radius 2 is 1.95 bits per heavy atom. The maximum atomic E-state index is 12.1. The second-order valence-corrected chi connectivity index (χ2v) is 8.18. The maximum Gasteiger partial charge on any atom is 0.235 e. The van der Waals surface area contributed by atoms with Gasteiger partial charge in [0.25, 0.3) is 0 Å². The van der Waals surface area contributed by atoms with Gasteiger partial charge in [0, 0.05) is 12.0 Å². The zero-order chi connectivity index (χ0) is 15.5. The molecule has 1 fully saturated rings. The number of anilines is 1. The molecule has 0 bridgehead atoms. The molecule has 1 aromatic rings. The number of hydrogen-bond donors (Lipinski definition) is 1. The van der Waals surface area contributed by atoms with Crippen molar-refractivity contribution in [1.29, 1.82) is 0 Å². The highest BCUT2D eigenvalue weighted by molar-refractivity contribution is 7.92. The first-order valence-electron chi connectivity index (χ1n) is 7.21. The molecule has 2 rings (SSSR count). The lowest BCUT2D eigenvalue weighted by Gasteiger charge is -2.22. The van der Waals surface area contributed by atoms with Crippen molar-refractivity contribution in [2.75, 3.05) is 17.1 Å². The Morgan fingerprint density at radius 3 is 2.48 bits per heavy atom. The second kappa shape index (κ2) is 6.27. The molecular weight excluding hydrogens is 290 g/mol. The summed E-state index contributed by atoms with van der Waals surface area (Å²) in [5.41, 5.74) is 0.228. The van der Waals surface area contributed by atoms with Crippen molar-refractivity contribution < 1.29 is 13.2 Å². The SMILES string of the molecule is CC(C)(C)c1ncc(NS(=O)(=O)C[C@H]2CCCCO2)cn1. The molecule has 0 amide bonds. The molecule has 0 radical (unpaired) electrons. The third-order valence-electron chi connectivity index (χ3n) is 3.28. The molecule has 7 heteroatoms. The molecule has 21 heavy (non-hydrogen) atoms. The van der Waals surface area contributed by atoms with Crippen LogP contribution in [-0.2, 0) is 20.2 Å². The summed E-state index contributed by atoms with van der Waals surface area (Å²) in [6.45, 7) is 6.66. The van der Waals surface area contributed by atoms with E-state index in [0.717, 1.165) is 19.3 Å². The van der Waals surface area contributed by atoms with Gasteiger partial charge in [0.1, 0.15) is 5.82 Å². The molecule has 0 aliphatic carbocycles. The molecule has 1 aliphatic heterocycles. The average Bonchev–Trinajstić information content (AvgIpc) is 2.38. The number of hydrogen-bond acceptors (Lipinski definition) is 5. The average molecular weight is 313 g/mol. The largest absolute Gasteiger partial charge is 0.377 e. The summed E-state index contributed by atoms with van der Waals surface area (Å²) < 4.78 is 32.2. The highest BCUT2D eigenvalue weighted by Gasteiger charge is 2.23. The number of aromatic nitrogens is 2. The first-order chi connectivity index (χ1) is 9.76. The predicted octanol–water partition coefficient (Wildman–Crippen LogP) is 2.08. The summed E-state index contributed by atoms with van der Waals surface area (Å²) >= 11 is 0. The minimum Gasteiger partial charge on any atom is -0.377 e. The third kappa shape index (κ3) is 4.93. The molecular formula is C14H23N3O3S. The van der Waals surface area contributed by atoms with E-state index in [-0.39, 0.29) is 17.3 Å². The van der Waals surface area contributed by atoms with Crippen molar-refractivity contribution in [2.24, 2.45) is 0 Å². The number of sulfonamides is 1. The normalized spacial score (nSPS) is 20.2. The minimum atomic E-state index is -3.44. The van der Waals surface area contributed by atoms with Crippen LogP contribution in [0, 0.1) is 0 Å². The summed E-state index contributed by atoms with van der Waals surface area (Å²) in [4.78, 5) is 8.42. The molecule has 0 saturated carbocycles. The molecule has 0 aromatic carbocycles. The molecule has 1 aliphatic rings. The Labute approximate surface area is 126 Å². The number of nitrogens with one attached hydrogen (secondary N) is 1. The summed E-state index contributed by atoms with van der Waals surface area (Å²) in [6.07, 6.45) is 5.61. The highest BCUT2D eigenvalue weighted by Crippen LogP contribution is 2.19. The number of nitrogens with zero attached hydrogens (tertiary/aromatic N) is 2. The van der Waals surface area contributed by atoms with Crippen LogP contribution in [-0.4, -0.2) is 36.8 Å². The number of rotatable bonds is 4. The molecule has 1 saturated heterocycles. The fourth-order valence-corrected chi connectivity index (χ4v) is 3.47. The Balaban J connectivity index is 1.99. The van der Waals surface area contributed by atoms with Crippen molar-refractivity contribution in [3.05, 3.63) is 18.2 Å². The number of ether oxygens (including phenoxy) is 1. The molecule has 1 atom stereocenters. The van der Waals surface area contributed by atoms with E-state index in [0.29, 0.717) is 18.1 Å². The van der Waals surface area contributed by atoms with Crippen LogP contribution < -0.4 is 4.72 Å². The van der Waals surface area contributed by atoms with E-state index >= 15 is 0 Å². The third-order valence-corrected chi connectivity index (χ3v) is 4.63. The molecule has 6 nitrogen and oxygen atoms in total. The van der Waals surface area contributed by atoms with Crippen molar-refractivity contribution >= 4 is 15.7 Å². The Hall–Kier alpha value is -1.21. The van der Waals surface area contributed by atoms with Crippen LogP contribution in [0.4, 0.5) is 5.69 Å². The van der Waals surface area contributed by atoms with Crippen LogP contribution in [0.25, 0.3) is 0 Å². The fraction of sp³-hybridized carbons (Fsp3) is 0.714. The predicted molar refractivity (Wildman–Crippen MR) is 81.7 cm³/mol. The molecule has 118 valence electrons. The quantitative estimate of drug-likeness (QED) is 0.920. The van der Waals surface area contributed by atoms with E-state index in [1.54, 1.807) is 0 Å². The van der Waals surface area contributed by atoms with Gasteiger partial charge >= 0.3 is 0 Å². The Bertz CT molecular complexity index is 558. The van der Waals surface area contributed by atoms with Crippen LogP contribution in [0.2, 0.25) is 0 Å². The zero-order valence-corrected chi connectivity index (χ0v) is 13.6. The van der Waals surface area contributed by atoms with E-state index in [1.165, 1.54) is 12.4 Å². The van der Waals surface area contributed by atoms with Gasteiger partial charge in [-0.25, -0.2) is 18.4 Å². The van der Waals surface area contributed by atoms with Crippen LogP contribution in [0.5, 0.6) is 0 Å². The molecule has 0 unspecified atom stereocenters. The Kier molecular flexibility index (Phi) is 4.83.